The minimum Gasteiger partial charge on any atom is -0.345 e. The smallest absolute Gasteiger partial charge is 0.186 e. The molecule has 0 saturated heterocycles. The lowest BCUT2D eigenvalue weighted by Crippen LogP contribution is -2.26. The van der Waals surface area contributed by atoms with Gasteiger partial charge in [-0.2, -0.15) is 0 Å². The average Bonchev–Trinajstić information content (AvgIpc) is 3.27. The van der Waals surface area contributed by atoms with Crippen LogP contribution < -0.4 is 4.90 Å². The van der Waals surface area contributed by atoms with E-state index in [1.807, 2.05) is 30.3 Å². The number of carbonyl (C=O) groups is 1. The monoisotopic (exact) mass is 300 g/mol. The maximum absolute atomic E-state index is 11.4. The van der Waals surface area contributed by atoms with Crippen molar-refractivity contribution >= 4 is 22.8 Å². The van der Waals surface area contributed by atoms with Crippen molar-refractivity contribution in [3.8, 4) is 11.3 Å². The van der Waals surface area contributed by atoms with Crippen LogP contribution in [0.3, 0.4) is 0 Å². The molecule has 0 unspecified atom stereocenters. The van der Waals surface area contributed by atoms with Crippen molar-refractivity contribution in [1.82, 2.24) is 4.98 Å². The summed E-state index contributed by atoms with van der Waals surface area (Å²) in [6, 6.07) is 10.6. The SMILES string of the molecule is CCCCN(c1nc(-c2ccccc2)c(C=O)s1)C1CC1. The molecule has 0 aliphatic heterocycles. The molecule has 2 aromatic rings. The summed E-state index contributed by atoms with van der Waals surface area (Å²) in [6.45, 7) is 3.25. The van der Waals surface area contributed by atoms with E-state index >= 15 is 0 Å². The number of carbonyl (C=O) groups excluding carboxylic acids is 1. The minimum atomic E-state index is 0.630. The van der Waals surface area contributed by atoms with Crippen molar-refractivity contribution in [3.05, 3.63) is 35.2 Å². The lowest BCUT2D eigenvalue weighted by atomic mass is 10.1. The molecule has 1 aromatic carbocycles. The number of benzene rings is 1. The van der Waals surface area contributed by atoms with Crippen molar-refractivity contribution in [1.29, 1.82) is 0 Å². The van der Waals surface area contributed by atoms with Crippen LogP contribution in [0.25, 0.3) is 11.3 Å². The summed E-state index contributed by atoms with van der Waals surface area (Å²) in [5, 5.41) is 1.01. The van der Waals surface area contributed by atoms with Gasteiger partial charge in [-0.1, -0.05) is 55.0 Å². The second kappa shape index (κ2) is 6.39. The van der Waals surface area contributed by atoms with Crippen LogP contribution in [0.4, 0.5) is 5.13 Å². The Labute approximate surface area is 129 Å². The predicted molar refractivity (Wildman–Crippen MR) is 88.2 cm³/mol. The van der Waals surface area contributed by atoms with Crippen molar-refractivity contribution < 1.29 is 4.79 Å². The molecule has 1 heterocycles. The summed E-state index contributed by atoms with van der Waals surface area (Å²) in [5.41, 5.74) is 1.85. The minimum absolute atomic E-state index is 0.630. The number of hydrogen-bond acceptors (Lipinski definition) is 4. The van der Waals surface area contributed by atoms with Gasteiger partial charge in [0, 0.05) is 18.2 Å². The molecular formula is C17H20N2OS. The second-order valence-corrected chi connectivity index (χ2v) is 6.48. The molecular weight excluding hydrogens is 280 g/mol. The Morgan fingerprint density at radius 3 is 2.71 bits per heavy atom. The van der Waals surface area contributed by atoms with E-state index in [1.54, 1.807) is 0 Å². The number of thiazole rings is 1. The van der Waals surface area contributed by atoms with Gasteiger partial charge in [-0.3, -0.25) is 4.79 Å². The Kier molecular flexibility index (Phi) is 4.34. The Morgan fingerprint density at radius 2 is 2.10 bits per heavy atom. The summed E-state index contributed by atoms with van der Waals surface area (Å²) in [7, 11) is 0. The fourth-order valence-corrected chi connectivity index (χ4v) is 3.47. The second-order valence-electron chi connectivity index (χ2n) is 5.47. The number of unbranched alkanes of at least 4 members (excludes halogenated alkanes) is 1. The van der Waals surface area contributed by atoms with Gasteiger partial charge in [-0.25, -0.2) is 4.98 Å². The summed E-state index contributed by atoms with van der Waals surface area (Å²) < 4.78 is 0. The molecule has 0 atom stereocenters. The summed E-state index contributed by atoms with van der Waals surface area (Å²) >= 11 is 1.53. The standard InChI is InChI=1S/C17H20N2OS/c1-2-3-11-19(14-9-10-14)17-18-16(15(12-20)21-17)13-7-5-4-6-8-13/h4-8,12,14H,2-3,9-11H2,1H3. The quantitative estimate of drug-likeness (QED) is 0.711. The van der Waals surface area contributed by atoms with Gasteiger partial charge in [0.2, 0.25) is 0 Å². The maximum atomic E-state index is 11.4. The van der Waals surface area contributed by atoms with Crippen LogP contribution in [0, 0.1) is 0 Å². The van der Waals surface area contributed by atoms with Crippen LogP contribution in [0.15, 0.2) is 30.3 Å². The third-order valence-electron chi connectivity index (χ3n) is 3.78. The van der Waals surface area contributed by atoms with Crippen molar-refractivity contribution in [2.45, 2.75) is 38.6 Å². The van der Waals surface area contributed by atoms with Crippen LogP contribution in [0.2, 0.25) is 0 Å². The highest BCUT2D eigenvalue weighted by Crippen LogP contribution is 2.37. The zero-order valence-electron chi connectivity index (χ0n) is 12.3. The van der Waals surface area contributed by atoms with Crippen LogP contribution in [0.1, 0.15) is 42.3 Å². The van der Waals surface area contributed by atoms with Gasteiger partial charge in [0.1, 0.15) is 0 Å². The van der Waals surface area contributed by atoms with Crippen LogP contribution in [-0.4, -0.2) is 23.9 Å². The van der Waals surface area contributed by atoms with Crippen molar-refractivity contribution in [2.75, 3.05) is 11.4 Å². The molecule has 3 nitrogen and oxygen atoms in total. The van der Waals surface area contributed by atoms with E-state index in [4.69, 9.17) is 4.98 Å². The highest BCUT2D eigenvalue weighted by Gasteiger charge is 2.31. The molecule has 0 radical (unpaired) electrons. The third kappa shape index (κ3) is 3.16. The summed E-state index contributed by atoms with van der Waals surface area (Å²) in [4.78, 5) is 19.3. The van der Waals surface area contributed by atoms with Gasteiger partial charge in [-0.05, 0) is 19.3 Å². The normalized spacial score (nSPS) is 14.1. The first-order chi connectivity index (χ1) is 10.3. The molecule has 3 rings (SSSR count). The topological polar surface area (TPSA) is 33.2 Å². The Balaban J connectivity index is 1.92. The molecule has 1 aromatic heterocycles. The van der Waals surface area contributed by atoms with Gasteiger partial charge < -0.3 is 4.90 Å². The van der Waals surface area contributed by atoms with E-state index in [0.717, 1.165) is 34.1 Å². The van der Waals surface area contributed by atoms with E-state index in [1.165, 1.54) is 37.0 Å². The lowest BCUT2D eigenvalue weighted by Gasteiger charge is -2.20. The van der Waals surface area contributed by atoms with E-state index in [0.29, 0.717) is 6.04 Å². The number of aldehydes is 1. The van der Waals surface area contributed by atoms with E-state index in [9.17, 15) is 4.79 Å². The predicted octanol–water partition coefficient (Wildman–Crippen LogP) is 4.39. The molecule has 1 aliphatic rings. The molecule has 0 amide bonds. The van der Waals surface area contributed by atoms with Gasteiger partial charge in [0.05, 0.1) is 10.6 Å². The highest BCUT2D eigenvalue weighted by atomic mass is 32.1. The molecule has 21 heavy (non-hydrogen) atoms. The summed E-state index contributed by atoms with van der Waals surface area (Å²) in [6.07, 6.45) is 5.79. The third-order valence-corrected chi connectivity index (χ3v) is 4.80. The number of aromatic nitrogens is 1. The Hall–Kier alpha value is -1.68. The average molecular weight is 300 g/mol. The largest absolute Gasteiger partial charge is 0.345 e. The first-order valence-corrected chi connectivity index (χ1v) is 8.43. The number of hydrogen-bond donors (Lipinski definition) is 0. The molecule has 0 bridgehead atoms. The molecule has 1 aliphatic carbocycles. The molecule has 0 N–H and O–H groups in total. The van der Waals surface area contributed by atoms with Gasteiger partial charge in [-0.15, -0.1) is 0 Å². The number of rotatable bonds is 7. The van der Waals surface area contributed by atoms with Crippen LogP contribution in [0.5, 0.6) is 0 Å². The number of nitrogens with zero attached hydrogens (tertiary/aromatic N) is 2. The highest BCUT2D eigenvalue weighted by molar-refractivity contribution is 7.17. The van der Waals surface area contributed by atoms with Crippen LogP contribution in [-0.2, 0) is 0 Å². The van der Waals surface area contributed by atoms with Gasteiger partial charge in [0.25, 0.3) is 0 Å². The van der Waals surface area contributed by atoms with Crippen molar-refractivity contribution in [2.24, 2.45) is 0 Å². The Bertz CT molecular complexity index is 605. The maximum Gasteiger partial charge on any atom is 0.186 e. The van der Waals surface area contributed by atoms with Crippen molar-refractivity contribution in [3.63, 3.8) is 0 Å². The molecule has 4 heteroatoms. The molecule has 110 valence electrons. The van der Waals surface area contributed by atoms with Gasteiger partial charge >= 0.3 is 0 Å². The first-order valence-electron chi connectivity index (χ1n) is 7.61. The Morgan fingerprint density at radius 1 is 1.33 bits per heavy atom. The van der Waals surface area contributed by atoms with E-state index in [2.05, 4.69) is 11.8 Å². The number of anilines is 1. The molecule has 1 saturated carbocycles. The lowest BCUT2D eigenvalue weighted by molar-refractivity contribution is 0.112. The van der Waals surface area contributed by atoms with E-state index in [-0.39, 0.29) is 0 Å². The summed E-state index contributed by atoms with van der Waals surface area (Å²) in [5.74, 6) is 0. The first kappa shape index (κ1) is 14.3. The fourth-order valence-electron chi connectivity index (χ4n) is 2.47. The zero-order chi connectivity index (χ0) is 14.7. The van der Waals surface area contributed by atoms with Crippen LogP contribution >= 0.6 is 11.3 Å². The van der Waals surface area contributed by atoms with Gasteiger partial charge in [0.15, 0.2) is 11.4 Å². The molecule has 1 fully saturated rings. The zero-order valence-corrected chi connectivity index (χ0v) is 13.1. The fraction of sp³-hybridized carbons (Fsp3) is 0.412. The molecule has 0 spiro atoms. The van der Waals surface area contributed by atoms with E-state index < -0.39 is 0 Å².